The highest BCUT2D eigenvalue weighted by Crippen LogP contribution is 2.33. The predicted octanol–water partition coefficient (Wildman–Crippen LogP) is 4.48. The second kappa shape index (κ2) is 7.95. The lowest BCUT2D eigenvalue weighted by Crippen LogP contribution is -2.46. The molecule has 1 aliphatic rings. The monoisotopic (exact) mass is 449 g/mol. The molecule has 156 valence electrons. The van der Waals surface area contributed by atoms with Gasteiger partial charge in [-0.15, -0.1) is 0 Å². The molecular weight excluding hydrogens is 434 g/mol. The fourth-order valence-electron chi connectivity index (χ4n) is 3.17. The van der Waals surface area contributed by atoms with Crippen LogP contribution in [0.1, 0.15) is 28.8 Å². The Morgan fingerprint density at radius 2 is 1.83 bits per heavy atom. The Morgan fingerprint density at radius 3 is 2.45 bits per heavy atom. The first-order chi connectivity index (χ1) is 13.5. The Bertz CT molecular complexity index is 1030. The molecule has 0 radical (unpaired) electrons. The van der Waals surface area contributed by atoms with Crippen molar-refractivity contribution in [2.24, 2.45) is 5.92 Å². The molecule has 0 saturated heterocycles. The summed E-state index contributed by atoms with van der Waals surface area (Å²) >= 11 is 5.57. The third-order valence-electron chi connectivity index (χ3n) is 4.73. The molecule has 1 fully saturated rings. The van der Waals surface area contributed by atoms with Gasteiger partial charge in [-0.25, -0.2) is 12.8 Å². The Hall–Kier alpha value is -2.13. The van der Waals surface area contributed by atoms with E-state index in [-0.39, 0.29) is 33.2 Å². The van der Waals surface area contributed by atoms with Crippen LogP contribution in [0.2, 0.25) is 5.02 Å². The molecule has 0 unspecified atom stereocenters. The molecular formula is C19H16ClF4NO3S. The second-order valence-corrected chi connectivity index (χ2v) is 9.39. The summed E-state index contributed by atoms with van der Waals surface area (Å²) in [5, 5.41) is 2.57. The van der Waals surface area contributed by atoms with Crippen LogP contribution in [0.4, 0.5) is 17.6 Å². The maximum Gasteiger partial charge on any atom is 0.416 e. The molecule has 2 aromatic rings. The normalized spacial score (nSPS) is 19.5. The molecule has 0 atom stereocenters. The van der Waals surface area contributed by atoms with Crippen molar-refractivity contribution in [3.05, 3.63) is 64.4 Å². The SMILES string of the molecule is O=C(N[C@H]1C[C@H](CS(=O)(=O)c2cccc(C(F)(F)F)c2)C1)c1ccc(Cl)c(F)c1. The number of nitrogens with one attached hydrogen (secondary N) is 1. The molecule has 1 aliphatic carbocycles. The second-order valence-electron chi connectivity index (χ2n) is 6.94. The standard InChI is InChI=1S/C19H16ClF4NO3S/c20-16-5-4-12(8-17(16)21)18(26)25-14-6-11(7-14)10-29(27,28)15-3-1-2-13(9-15)19(22,23)24/h1-5,8-9,11,14H,6-7,10H2,(H,25,26)/t11-,14-. The molecule has 0 heterocycles. The molecule has 0 bridgehead atoms. The number of rotatable bonds is 5. The molecule has 29 heavy (non-hydrogen) atoms. The highest BCUT2D eigenvalue weighted by molar-refractivity contribution is 7.91. The van der Waals surface area contributed by atoms with E-state index in [2.05, 4.69) is 5.32 Å². The summed E-state index contributed by atoms with van der Waals surface area (Å²) < 4.78 is 76.7. The van der Waals surface area contributed by atoms with E-state index in [0.29, 0.717) is 18.9 Å². The number of benzene rings is 2. The van der Waals surface area contributed by atoms with Crippen LogP contribution in [0.5, 0.6) is 0 Å². The van der Waals surface area contributed by atoms with Crippen molar-refractivity contribution in [3.63, 3.8) is 0 Å². The van der Waals surface area contributed by atoms with Gasteiger partial charge in [0.15, 0.2) is 9.84 Å². The molecule has 0 aromatic heterocycles. The van der Waals surface area contributed by atoms with Gasteiger partial charge in [-0.3, -0.25) is 4.79 Å². The molecule has 0 aliphatic heterocycles. The molecule has 1 amide bonds. The highest BCUT2D eigenvalue weighted by Gasteiger charge is 2.36. The van der Waals surface area contributed by atoms with Gasteiger partial charge in [0, 0.05) is 11.6 Å². The highest BCUT2D eigenvalue weighted by atomic mass is 35.5. The van der Waals surface area contributed by atoms with Gasteiger partial charge >= 0.3 is 6.18 Å². The summed E-state index contributed by atoms with van der Waals surface area (Å²) in [6.45, 7) is 0. The topological polar surface area (TPSA) is 63.2 Å². The van der Waals surface area contributed by atoms with Crippen LogP contribution in [0, 0.1) is 11.7 Å². The average molecular weight is 450 g/mol. The van der Waals surface area contributed by atoms with Crippen molar-refractivity contribution in [2.45, 2.75) is 30.0 Å². The van der Waals surface area contributed by atoms with Crippen LogP contribution >= 0.6 is 11.6 Å². The number of hydrogen-bond donors (Lipinski definition) is 1. The van der Waals surface area contributed by atoms with Crippen LogP contribution < -0.4 is 5.32 Å². The lowest BCUT2D eigenvalue weighted by atomic mass is 9.81. The van der Waals surface area contributed by atoms with Crippen molar-refractivity contribution in [2.75, 3.05) is 5.75 Å². The van der Waals surface area contributed by atoms with Gasteiger partial charge in [-0.2, -0.15) is 13.2 Å². The van der Waals surface area contributed by atoms with E-state index < -0.39 is 33.3 Å². The van der Waals surface area contributed by atoms with Crippen molar-refractivity contribution < 1.29 is 30.8 Å². The summed E-state index contributed by atoms with van der Waals surface area (Å²) in [6, 6.07) is 6.98. The summed E-state index contributed by atoms with van der Waals surface area (Å²) in [7, 11) is -3.89. The minimum Gasteiger partial charge on any atom is -0.349 e. The van der Waals surface area contributed by atoms with Crippen molar-refractivity contribution >= 4 is 27.3 Å². The molecule has 1 saturated carbocycles. The Morgan fingerprint density at radius 1 is 1.14 bits per heavy atom. The van der Waals surface area contributed by atoms with Crippen molar-refractivity contribution in [3.8, 4) is 0 Å². The summed E-state index contributed by atoms with van der Waals surface area (Å²) in [5.74, 6) is -1.83. The number of sulfone groups is 1. The van der Waals surface area contributed by atoms with Crippen LogP contribution in [0.15, 0.2) is 47.4 Å². The van der Waals surface area contributed by atoms with Crippen LogP contribution in [0.25, 0.3) is 0 Å². The van der Waals surface area contributed by atoms with E-state index in [4.69, 9.17) is 11.6 Å². The van der Waals surface area contributed by atoms with Gasteiger partial charge in [-0.05, 0) is 55.2 Å². The van der Waals surface area contributed by atoms with Crippen molar-refractivity contribution in [1.82, 2.24) is 5.32 Å². The molecule has 4 nitrogen and oxygen atoms in total. The first-order valence-corrected chi connectivity index (χ1v) is 10.6. The largest absolute Gasteiger partial charge is 0.416 e. The summed E-state index contributed by atoms with van der Waals surface area (Å²) in [6.07, 6.45) is -3.90. The third-order valence-corrected chi connectivity index (χ3v) is 6.92. The minimum absolute atomic E-state index is 0.0898. The Labute approximate surface area is 169 Å². The number of carbonyl (C=O) groups excluding carboxylic acids is 1. The Balaban J connectivity index is 1.57. The Kier molecular flexibility index (Phi) is 5.91. The average Bonchev–Trinajstić information content (AvgIpc) is 2.61. The fraction of sp³-hybridized carbons (Fsp3) is 0.316. The number of hydrogen-bond acceptors (Lipinski definition) is 3. The minimum atomic E-state index is -4.63. The fourth-order valence-corrected chi connectivity index (χ4v) is 4.96. The summed E-state index contributed by atoms with van der Waals surface area (Å²) in [4.78, 5) is 11.7. The lowest BCUT2D eigenvalue weighted by molar-refractivity contribution is -0.137. The number of amides is 1. The van der Waals surface area contributed by atoms with E-state index in [0.717, 1.165) is 24.3 Å². The van der Waals surface area contributed by atoms with Gasteiger partial charge in [0.05, 0.1) is 21.2 Å². The van der Waals surface area contributed by atoms with E-state index in [9.17, 15) is 30.8 Å². The molecule has 2 aromatic carbocycles. The lowest BCUT2D eigenvalue weighted by Gasteiger charge is -2.35. The molecule has 3 rings (SSSR count). The van der Waals surface area contributed by atoms with Crippen LogP contribution in [-0.4, -0.2) is 26.1 Å². The smallest absolute Gasteiger partial charge is 0.349 e. The van der Waals surface area contributed by atoms with E-state index in [1.54, 1.807) is 0 Å². The number of alkyl halides is 3. The zero-order valence-electron chi connectivity index (χ0n) is 14.8. The molecule has 1 N–H and O–H groups in total. The van der Waals surface area contributed by atoms with E-state index >= 15 is 0 Å². The predicted molar refractivity (Wildman–Crippen MR) is 98.9 cm³/mol. The van der Waals surface area contributed by atoms with Gasteiger partial charge in [0.1, 0.15) is 5.82 Å². The van der Waals surface area contributed by atoms with Gasteiger partial charge < -0.3 is 5.32 Å². The van der Waals surface area contributed by atoms with Gasteiger partial charge in [0.2, 0.25) is 0 Å². The van der Waals surface area contributed by atoms with Crippen LogP contribution in [-0.2, 0) is 16.0 Å². The zero-order valence-corrected chi connectivity index (χ0v) is 16.4. The first-order valence-electron chi connectivity index (χ1n) is 8.61. The first kappa shape index (κ1) is 21.6. The molecule has 10 heteroatoms. The van der Waals surface area contributed by atoms with E-state index in [1.807, 2.05) is 0 Å². The number of carbonyl (C=O) groups is 1. The van der Waals surface area contributed by atoms with Crippen molar-refractivity contribution in [1.29, 1.82) is 0 Å². The third kappa shape index (κ3) is 5.08. The zero-order chi connectivity index (χ0) is 21.4. The summed E-state index contributed by atoms with van der Waals surface area (Å²) in [5.41, 5.74) is -0.931. The van der Waals surface area contributed by atoms with Gasteiger partial charge in [0.25, 0.3) is 5.91 Å². The van der Waals surface area contributed by atoms with Gasteiger partial charge in [-0.1, -0.05) is 17.7 Å². The quantitative estimate of drug-likeness (QED) is 0.684. The van der Waals surface area contributed by atoms with Crippen LogP contribution in [0.3, 0.4) is 0 Å². The maximum atomic E-state index is 13.4. The van der Waals surface area contributed by atoms with E-state index in [1.165, 1.54) is 12.1 Å². The maximum absolute atomic E-state index is 13.4. The number of halogens is 5. The molecule has 0 spiro atoms.